The summed E-state index contributed by atoms with van der Waals surface area (Å²) >= 11 is 1.56. The van der Waals surface area contributed by atoms with E-state index in [1.165, 1.54) is 0 Å². The molecule has 1 atom stereocenters. The molecule has 0 heterocycles. The lowest BCUT2D eigenvalue weighted by Gasteiger charge is -2.15. The Hall–Kier alpha value is -2.47. The molecule has 0 spiro atoms. The zero-order chi connectivity index (χ0) is 17.4. The van der Waals surface area contributed by atoms with E-state index in [4.69, 9.17) is 5.73 Å². The molecule has 0 aromatic heterocycles. The Labute approximate surface area is 146 Å². The van der Waals surface area contributed by atoms with Gasteiger partial charge in [-0.15, -0.1) is 11.8 Å². The third kappa shape index (κ3) is 5.62. The van der Waals surface area contributed by atoms with Crippen molar-refractivity contribution in [2.24, 2.45) is 5.73 Å². The summed E-state index contributed by atoms with van der Waals surface area (Å²) < 4.78 is 0. The maximum absolute atomic E-state index is 12.4. The van der Waals surface area contributed by atoms with Crippen molar-refractivity contribution in [3.63, 3.8) is 0 Å². The van der Waals surface area contributed by atoms with Crippen LogP contribution in [0.3, 0.4) is 0 Å². The van der Waals surface area contributed by atoms with E-state index in [9.17, 15) is 9.59 Å². The molecule has 0 saturated carbocycles. The molecule has 5 nitrogen and oxygen atoms in total. The zero-order valence-electron chi connectivity index (χ0n) is 13.5. The van der Waals surface area contributed by atoms with Crippen molar-refractivity contribution in [1.82, 2.24) is 5.32 Å². The summed E-state index contributed by atoms with van der Waals surface area (Å²) in [5.74, 6) is -0.000355. The summed E-state index contributed by atoms with van der Waals surface area (Å²) in [5, 5.41) is 5.33. The number of carbonyl (C=O) groups excluding carboxylic acids is 2. The number of amides is 3. The van der Waals surface area contributed by atoms with Gasteiger partial charge in [0, 0.05) is 17.1 Å². The third-order valence-corrected chi connectivity index (χ3v) is 4.72. The minimum atomic E-state index is -0.610. The van der Waals surface area contributed by atoms with Crippen LogP contribution < -0.4 is 16.4 Å². The lowest BCUT2D eigenvalue weighted by Crippen LogP contribution is -2.31. The number of nitrogens with one attached hydrogen (secondary N) is 2. The van der Waals surface area contributed by atoms with Gasteiger partial charge in [0.1, 0.15) is 0 Å². The summed E-state index contributed by atoms with van der Waals surface area (Å²) in [4.78, 5) is 24.4. The van der Waals surface area contributed by atoms with Crippen LogP contribution in [-0.4, -0.2) is 17.2 Å². The monoisotopic (exact) mass is 343 g/mol. The number of hydrogen-bond donors (Lipinski definition) is 3. The predicted octanol–water partition coefficient (Wildman–Crippen LogP) is 3.36. The van der Waals surface area contributed by atoms with Crippen LogP contribution in [0.1, 0.15) is 18.9 Å². The summed E-state index contributed by atoms with van der Waals surface area (Å²) in [6.07, 6.45) is 0.745. The third-order valence-electron chi connectivity index (χ3n) is 3.35. The average Bonchev–Trinajstić information content (AvgIpc) is 2.58. The fourth-order valence-corrected chi connectivity index (χ4v) is 3.19. The first-order valence-corrected chi connectivity index (χ1v) is 8.61. The van der Waals surface area contributed by atoms with Gasteiger partial charge in [-0.3, -0.25) is 4.79 Å². The second-order valence-electron chi connectivity index (χ2n) is 5.24. The molecular formula is C18H21N3O2S. The van der Waals surface area contributed by atoms with E-state index >= 15 is 0 Å². The molecule has 0 aliphatic carbocycles. The number of rotatable bonds is 7. The maximum atomic E-state index is 12.4. The molecule has 0 fully saturated rings. The Balaban J connectivity index is 1.92. The van der Waals surface area contributed by atoms with E-state index in [1.54, 1.807) is 23.9 Å². The van der Waals surface area contributed by atoms with Crippen LogP contribution in [0.2, 0.25) is 0 Å². The van der Waals surface area contributed by atoms with Gasteiger partial charge in [-0.25, -0.2) is 4.79 Å². The van der Waals surface area contributed by atoms with Crippen molar-refractivity contribution in [2.45, 2.75) is 30.0 Å². The molecule has 0 unspecified atom stereocenters. The number of urea groups is 1. The Kier molecular flexibility index (Phi) is 6.69. The van der Waals surface area contributed by atoms with E-state index in [1.807, 2.05) is 49.4 Å². The molecule has 126 valence electrons. The predicted molar refractivity (Wildman–Crippen MR) is 97.9 cm³/mol. The molecular weight excluding hydrogens is 322 g/mol. The lowest BCUT2D eigenvalue weighted by atomic mass is 10.2. The standard InChI is InChI=1S/C18H21N3O2S/c1-2-16(24-15-9-4-3-5-10-15)17(22)20-12-13-7-6-8-14(11-13)21-18(19)23/h3-11,16H,2,12H2,1H3,(H,20,22)(H3,19,21,23)/t16-/m1/s1. The average molecular weight is 343 g/mol. The minimum absolute atomic E-state index is 0.000355. The Morgan fingerprint density at radius 3 is 2.54 bits per heavy atom. The lowest BCUT2D eigenvalue weighted by molar-refractivity contribution is -0.120. The van der Waals surface area contributed by atoms with Crippen LogP contribution in [0.15, 0.2) is 59.5 Å². The van der Waals surface area contributed by atoms with Crippen molar-refractivity contribution in [1.29, 1.82) is 0 Å². The van der Waals surface area contributed by atoms with Crippen molar-refractivity contribution < 1.29 is 9.59 Å². The SMILES string of the molecule is CC[C@@H](Sc1ccccc1)C(=O)NCc1cccc(NC(N)=O)c1. The van der Waals surface area contributed by atoms with Crippen LogP contribution in [0, 0.1) is 0 Å². The summed E-state index contributed by atoms with van der Waals surface area (Å²) in [5.41, 5.74) is 6.61. The minimum Gasteiger partial charge on any atom is -0.351 e. The molecule has 4 N–H and O–H groups in total. The van der Waals surface area contributed by atoms with Crippen LogP contribution in [-0.2, 0) is 11.3 Å². The number of nitrogens with two attached hydrogens (primary N) is 1. The van der Waals surface area contributed by atoms with Gasteiger partial charge >= 0.3 is 6.03 Å². The largest absolute Gasteiger partial charge is 0.351 e. The number of benzene rings is 2. The fourth-order valence-electron chi connectivity index (χ4n) is 2.19. The molecule has 2 aromatic carbocycles. The number of thioether (sulfide) groups is 1. The molecule has 0 saturated heterocycles. The first kappa shape index (κ1) is 17.9. The highest BCUT2D eigenvalue weighted by Gasteiger charge is 2.17. The second-order valence-corrected chi connectivity index (χ2v) is 6.51. The molecule has 2 aromatic rings. The molecule has 0 aliphatic heterocycles. The highest BCUT2D eigenvalue weighted by molar-refractivity contribution is 8.00. The maximum Gasteiger partial charge on any atom is 0.316 e. The molecule has 6 heteroatoms. The summed E-state index contributed by atoms with van der Waals surface area (Å²) in [6.45, 7) is 2.40. The second kappa shape index (κ2) is 8.98. The topological polar surface area (TPSA) is 84.2 Å². The Bertz CT molecular complexity index is 692. The zero-order valence-corrected chi connectivity index (χ0v) is 14.3. The smallest absolute Gasteiger partial charge is 0.316 e. The summed E-state index contributed by atoms with van der Waals surface area (Å²) in [7, 11) is 0. The highest BCUT2D eigenvalue weighted by Crippen LogP contribution is 2.25. The number of primary amides is 1. The van der Waals surface area contributed by atoms with Gasteiger partial charge in [0.05, 0.1) is 5.25 Å². The Morgan fingerprint density at radius 1 is 1.12 bits per heavy atom. The molecule has 0 aliphatic rings. The van der Waals surface area contributed by atoms with E-state index in [-0.39, 0.29) is 11.2 Å². The van der Waals surface area contributed by atoms with Gasteiger partial charge in [0.25, 0.3) is 0 Å². The number of anilines is 1. The van der Waals surface area contributed by atoms with E-state index in [2.05, 4.69) is 10.6 Å². The first-order chi connectivity index (χ1) is 11.6. The molecule has 3 amide bonds. The van der Waals surface area contributed by atoms with Gasteiger partial charge < -0.3 is 16.4 Å². The van der Waals surface area contributed by atoms with Gasteiger partial charge in [-0.05, 0) is 36.2 Å². The Morgan fingerprint density at radius 2 is 1.88 bits per heavy atom. The van der Waals surface area contributed by atoms with Gasteiger partial charge in [-0.2, -0.15) is 0 Å². The molecule has 2 rings (SSSR count). The van der Waals surface area contributed by atoms with Crippen molar-refractivity contribution >= 4 is 29.4 Å². The quantitative estimate of drug-likeness (QED) is 0.674. The first-order valence-electron chi connectivity index (χ1n) is 7.73. The van der Waals surface area contributed by atoms with Crippen LogP contribution in [0.5, 0.6) is 0 Å². The van der Waals surface area contributed by atoms with E-state index in [0.717, 1.165) is 16.9 Å². The van der Waals surface area contributed by atoms with Gasteiger partial charge in [-0.1, -0.05) is 37.3 Å². The molecule has 0 bridgehead atoms. The fraction of sp³-hybridized carbons (Fsp3) is 0.222. The van der Waals surface area contributed by atoms with Crippen molar-refractivity contribution in [3.05, 3.63) is 60.2 Å². The van der Waals surface area contributed by atoms with Crippen molar-refractivity contribution in [2.75, 3.05) is 5.32 Å². The number of carbonyl (C=O) groups is 2. The van der Waals surface area contributed by atoms with Gasteiger partial charge in [0.2, 0.25) is 5.91 Å². The van der Waals surface area contributed by atoms with Crippen LogP contribution in [0.4, 0.5) is 10.5 Å². The molecule has 0 radical (unpaired) electrons. The van der Waals surface area contributed by atoms with Gasteiger partial charge in [0.15, 0.2) is 0 Å². The van der Waals surface area contributed by atoms with Crippen LogP contribution >= 0.6 is 11.8 Å². The normalized spacial score (nSPS) is 11.5. The van der Waals surface area contributed by atoms with Crippen molar-refractivity contribution in [3.8, 4) is 0 Å². The van der Waals surface area contributed by atoms with Crippen LogP contribution in [0.25, 0.3) is 0 Å². The molecule has 24 heavy (non-hydrogen) atoms. The number of hydrogen-bond acceptors (Lipinski definition) is 3. The van der Waals surface area contributed by atoms with E-state index in [0.29, 0.717) is 12.2 Å². The summed E-state index contributed by atoms with van der Waals surface area (Å²) in [6, 6.07) is 16.5. The van der Waals surface area contributed by atoms with E-state index < -0.39 is 6.03 Å². The highest BCUT2D eigenvalue weighted by atomic mass is 32.2.